The van der Waals surface area contributed by atoms with Gasteiger partial charge in [-0.05, 0) is 29.8 Å². The van der Waals surface area contributed by atoms with Crippen LogP contribution in [0.1, 0.15) is 5.56 Å². The van der Waals surface area contributed by atoms with Crippen molar-refractivity contribution in [2.24, 2.45) is 0 Å². The number of sulfonamides is 1. The van der Waals surface area contributed by atoms with Gasteiger partial charge < -0.3 is 0 Å². The van der Waals surface area contributed by atoms with Crippen LogP contribution in [0.5, 0.6) is 0 Å². The molecular formula is C16H12ClFN2O2S. The topological polar surface area (TPSA) is 59.1 Å². The lowest BCUT2D eigenvalue weighted by Gasteiger charge is -2.09. The molecule has 0 saturated carbocycles. The monoisotopic (exact) mass is 350 g/mol. The number of fused-ring (bicyclic) bond motifs is 1. The summed E-state index contributed by atoms with van der Waals surface area (Å²) in [4.78, 5) is 4.24. The Kier molecular flexibility index (Phi) is 4.30. The number of pyridine rings is 1. The zero-order valence-electron chi connectivity index (χ0n) is 11.8. The number of nitrogens with zero attached hydrogens (tertiary/aromatic N) is 1. The van der Waals surface area contributed by atoms with Gasteiger partial charge in [0.05, 0.1) is 10.5 Å². The summed E-state index contributed by atoms with van der Waals surface area (Å²) < 4.78 is 40.6. The summed E-state index contributed by atoms with van der Waals surface area (Å²) in [5.74, 6) is -0.545. The molecule has 0 fully saturated rings. The summed E-state index contributed by atoms with van der Waals surface area (Å²) in [5, 5.41) is 0.689. The summed E-state index contributed by atoms with van der Waals surface area (Å²) in [6.45, 7) is 0.00551. The van der Waals surface area contributed by atoms with Gasteiger partial charge in [0.2, 0.25) is 10.0 Å². The van der Waals surface area contributed by atoms with E-state index in [-0.39, 0.29) is 16.5 Å². The quantitative estimate of drug-likeness (QED) is 0.783. The molecule has 0 unspecified atom stereocenters. The molecule has 3 aromatic rings. The molecule has 0 bridgehead atoms. The highest BCUT2D eigenvalue weighted by Gasteiger charge is 2.17. The fourth-order valence-electron chi connectivity index (χ4n) is 2.20. The molecule has 0 atom stereocenters. The van der Waals surface area contributed by atoms with Crippen molar-refractivity contribution < 1.29 is 12.8 Å². The second kappa shape index (κ2) is 6.23. The largest absolute Gasteiger partial charge is 0.255 e. The summed E-state index contributed by atoms with van der Waals surface area (Å²) >= 11 is 5.70. The van der Waals surface area contributed by atoms with Gasteiger partial charge in [-0.25, -0.2) is 17.5 Å². The summed E-state index contributed by atoms with van der Waals surface area (Å²) in [5.41, 5.74) is 0.966. The Balaban J connectivity index is 1.90. The SMILES string of the molecule is O=S(=O)(NCc1ccc(F)c(Cl)c1)c1cccc2cccnc12. The molecule has 2 aromatic carbocycles. The predicted molar refractivity (Wildman–Crippen MR) is 87.2 cm³/mol. The van der Waals surface area contributed by atoms with Crippen LogP contribution in [0, 0.1) is 5.82 Å². The molecule has 1 N–H and O–H groups in total. The van der Waals surface area contributed by atoms with Gasteiger partial charge in [0.25, 0.3) is 0 Å². The van der Waals surface area contributed by atoms with Gasteiger partial charge in [-0.1, -0.05) is 35.9 Å². The zero-order valence-corrected chi connectivity index (χ0v) is 13.4. The normalized spacial score (nSPS) is 11.7. The van der Waals surface area contributed by atoms with Crippen LogP contribution >= 0.6 is 11.6 Å². The second-order valence-electron chi connectivity index (χ2n) is 4.90. The van der Waals surface area contributed by atoms with E-state index in [1.807, 2.05) is 0 Å². The molecule has 1 heterocycles. The van der Waals surface area contributed by atoms with Gasteiger partial charge in [0, 0.05) is 18.1 Å². The molecule has 0 aliphatic heterocycles. The predicted octanol–water partition coefficient (Wildman–Crippen LogP) is 3.51. The Morgan fingerprint density at radius 2 is 1.91 bits per heavy atom. The van der Waals surface area contributed by atoms with Gasteiger partial charge in [-0.15, -0.1) is 0 Å². The molecule has 0 aliphatic carbocycles. The van der Waals surface area contributed by atoms with Crippen LogP contribution in [-0.2, 0) is 16.6 Å². The number of nitrogens with one attached hydrogen (secondary N) is 1. The molecule has 1 aromatic heterocycles. The summed E-state index contributed by atoms with van der Waals surface area (Å²) in [7, 11) is -3.76. The highest BCUT2D eigenvalue weighted by molar-refractivity contribution is 7.89. The highest BCUT2D eigenvalue weighted by Crippen LogP contribution is 2.21. The number of rotatable bonds is 4. The molecule has 23 heavy (non-hydrogen) atoms. The third-order valence-corrected chi connectivity index (χ3v) is 5.06. The summed E-state index contributed by atoms with van der Waals surface area (Å²) in [6.07, 6.45) is 1.54. The van der Waals surface area contributed by atoms with Crippen molar-refractivity contribution in [1.82, 2.24) is 9.71 Å². The Morgan fingerprint density at radius 1 is 1.13 bits per heavy atom. The van der Waals surface area contributed by atoms with Crippen molar-refractivity contribution in [2.75, 3.05) is 0 Å². The summed E-state index contributed by atoms with van der Waals surface area (Å²) in [6, 6.07) is 12.6. The van der Waals surface area contributed by atoms with Crippen LogP contribution in [0.2, 0.25) is 5.02 Å². The van der Waals surface area contributed by atoms with Crippen molar-refractivity contribution in [3.8, 4) is 0 Å². The van der Waals surface area contributed by atoms with E-state index in [1.165, 1.54) is 24.3 Å². The molecule has 0 radical (unpaired) electrons. The number of benzene rings is 2. The van der Waals surface area contributed by atoms with E-state index >= 15 is 0 Å². The number of aromatic nitrogens is 1. The van der Waals surface area contributed by atoms with Gasteiger partial charge in [0.15, 0.2) is 0 Å². The number of hydrogen-bond donors (Lipinski definition) is 1. The maximum atomic E-state index is 13.1. The first kappa shape index (κ1) is 15.9. The lowest BCUT2D eigenvalue weighted by Crippen LogP contribution is -2.23. The molecular weight excluding hydrogens is 339 g/mol. The molecule has 4 nitrogen and oxygen atoms in total. The second-order valence-corrected chi connectivity index (χ2v) is 7.05. The fourth-order valence-corrected chi connectivity index (χ4v) is 3.60. The van der Waals surface area contributed by atoms with Crippen LogP contribution < -0.4 is 4.72 Å². The van der Waals surface area contributed by atoms with Gasteiger partial charge >= 0.3 is 0 Å². The van der Waals surface area contributed by atoms with Crippen molar-refractivity contribution in [1.29, 1.82) is 0 Å². The van der Waals surface area contributed by atoms with E-state index in [9.17, 15) is 12.8 Å². The molecule has 0 spiro atoms. The molecule has 3 rings (SSSR count). The maximum Gasteiger partial charge on any atom is 0.243 e. The minimum absolute atomic E-state index is 0.00551. The average molecular weight is 351 g/mol. The molecule has 0 saturated heterocycles. The van der Waals surface area contributed by atoms with E-state index in [0.29, 0.717) is 11.1 Å². The van der Waals surface area contributed by atoms with Crippen LogP contribution in [-0.4, -0.2) is 13.4 Å². The van der Waals surface area contributed by atoms with E-state index in [4.69, 9.17) is 11.6 Å². The van der Waals surface area contributed by atoms with Crippen molar-refractivity contribution in [3.63, 3.8) is 0 Å². The van der Waals surface area contributed by atoms with Crippen molar-refractivity contribution in [2.45, 2.75) is 11.4 Å². The first-order valence-electron chi connectivity index (χ1n) is 6.75. The standard InChI is InChI=1S/C16H12ClFN2O2S/c17-13-9-11(6-7-14(13)18)10-20-23(21,22)15-5-1-3-12-4-2-8-19-16(12)15/h1-9,20H,10H2. The van der Waals surface area contributed by atoms with Gasteiger partial charge in [-0.3, -0.25) is 4.98 Å². The zero-order chi connectivity index (χ0) is 16.4. The number of halogens is 2. The van der Waals surface area contributed by atoms with E-state index in [0.717, 1.165) is 5.39 Å². The maximum absolute atomic E-state index is 13.1. The number of para-hydroxylation sites is 1. The average Bonchev–Trinajstić information content (AvgIpc) is 2.55. The highest BCUT2D eigenvalue weighted by atomic mass is 35.5. The minimum atomic E-state index is -3.76. The fraction of sp³-hybridized carbons (Fsp3) is 0.0625. The number of hydrogen-bond acceptors (Lipinski definition) is 3. The van der Waals surface area contributed by atoms with Gasteiger partial charge in [0.1, 0.15) is 10.7 Å². The van der Waals surface area contributed by atoms with Crippen LogP contribution in [0.15, 0.2) is 59.6 Å². The smallest absolute Gasteiger partial charge is 0.243 e. The first-order chi connectivity index (χ1) is 11.0. The third kappa shape index (κ3) is 3.34. The molecule has 7 heteroatoms. The Hall–Kier alpha value is -2.02. The van der Waals surface area contributed by atoms with Crippen molar-refractivity contribution in [3.05, 3.63) is 71.1 Å². The van der Waals surface area contributed by atoms with E-state index < -0.39 is 15.8 Å². The van der Waals surface area contributed by atoms with Crippen LogP contribution in [0.4, 0.5) is 4.39 Å². The van der Waals surface area contributed by atoms with Crippen LogP contribution in [0.3, 0.4) is 0 Å². The first-order valence-corrected chi connectivity index (χ1v) is 8.61. The van der Waals surface area contributed by atoms with Crippen molar-refractivity contribution >= 4 is 32.5 Å². The van der Waals surface area contributed by atoms with Gasteiger partial charge in [-0.2, -0.15) is 0 Å². The minimum Gasteiger partial charge on any atom is -0.255 e. The lowest BCUT2D eigenvalue weighted by molar-refractivity contribution is 0.582. The molecule has 118 valence electrons. The third-order valence-electron chi connectivity index (χ3n) is 3.34. The Bertz CT molecular complexity index is 971. The molecule has 0 amide bonds. The van der Waals surface area contributed by atoms with Crippen LogP contribution in [0.25, 0.3) is 10.9 Å². The lowest BCUT2D eigenvalue weighted by atomic mass is 10.2. The van der Waals surface area contributed by atoms with E-state index in [2.05, 4.69) is 9.71 Å². The van der Waals surface area contributed by atoms with E-state index in [1.54, 1.807) is 30.5 Å². The Morgan fingerprint density at radius 3 is 2.70 bits per heavy atom. The Labute approximate surface area is 138 Å². The molecule has 0 aliphatic rings.